The first-order valence-electron chi connectivity index (χ1n) is 5.20. The van der Waals surface area contributed by atoms with Crippen molar-refractivity contribution in [1.29, 1.82) is 0 Å². The first-order valence-corrected chi connectivity index (χ1v) is 5.93. The number of rotatable bonds is 4. The van der Waals surface area contributed by atoms with E-state index in [2.05, 4.69) is 25.8 Å². The van der Waals surface area contributed by atoms with E-state index in [0.29, 0.717) is 11.5 Å². The second-order valence-electron chi connectivity index (χ2n) is 3.57. The molecule has 2 aromatic carbocycles. The van der Waals surface area contributed by atoms with E-state index in [9.17, 15) is 0 Å². The largest absolute Gasteiger partial charge is 0.497 e. The quantitative estimate of drug-likeness (QED) is 0.659. The summed E-state index contributed by atoms with van der Waals surface area (Å²) in [4.78, 5) is 0. The van der Waals surface area contributed by atoms with Crippen molar-refractivity contribution in [3.8, 4) is 28.4 Å². The Kier molecular flexibility index (Phi) is 4.28. The minimum Gasteiger partial charge on any atom is -0.497 e. The molecule has 0 fully saturated rings. The number of methoxy groups -OCH3 is 1. The summed E-state index contributed by atoms with van der Waals surface area (Å²) in [6.45, 7) is 0. The molecule has 0 atom stereocenters. The van der Waals surface area contributed by atoms with Crippen LogP contribution in [0.3, 0.4) is 0 Å². The lowest BCUT2D eigenvalue weighted by Crippen LogP contribution is -1.86. The van der Waals surface area contributed by atoms with Crippen LogP contribution in [0, 0.1) is 0 Å². The van der Waals surface area contributed by atoms with Gasteiger partial charge in [0.05, 0.1) is 7.11 Å². The molecule has 0 radical (unpaired) electrons. The SMILES string of the molecule is COc1ccc(-c2cc(OS)ccc2OS)cc1. The Morgan fingerprint density at radius 3 is 2.06 bits per heavy atom. The maximum Gasteiger partial charge on any atom is 0.145 e. The summed E-state index contributed by atoms with van der Waals surface area (Å²) in [5, 5.41) is 0. The fourth-order valence-electron chi connectivity index (χ4n) is 1.64. The second-order valence-corrected chi connectivity index (χ2v) is 3.93. The van der Waals surface area contributed by atoms with Gasteiger partial charge in [-0.25, -0.2) is 0 Å². The summed E-state index contributed by atoms with van der Waals surface area (Å²) in [5.41, 5.74) is 1.85. The Labute approximate surface area is 117 Å². The molecule has 0 heterocycles. The standard InChI is InChI=1S/C13H12O3S2/c1-14-10-4-2-9(3-5-10)12-8-11(15-17)6-7-13(12)16-18/h2-8,17-18H,1H3. The third kappa shape index (κ3) is 2.68. The lowest BCUT2D eigenvalue weighted by molar-refractivity contribution is 0.415. The molecule has 2 aromatic rings. The van der Waals surface area contributed by atoms with Gasteiger partial charge >= 0.3 is 0 Å². The molecule has 3 nitrogen and oxygen atoms in total. The molecule has 0 unspecified atom stereocenters. The van der Waals surface area contributed by atoms with Crippen molar-refractivity contribution < 1.29 is 13.1 Å². The summed E-state index contributed by atoms with van der Waals surface area (Å²) in [6, 6.07) is 13.0. The summed E-state index contributed by atoms with van der Waals surface area (Å²) < 4.78 is 15.1. The van der Waals surface area contributed by atoms with Crippen LogP contribution in [0.5, 0.6) is 17.2 Å². The van der Waals surface area contributed by atoms with Crippen LogP contribution in [0.15, 0.2) is 42.5 Å². The number of benzene rings is 2. The zero-order valence-corrected chi connectivity index (χ0v) is 11.4. The van der Waals surface area contributed by atoms with Crippen LogP contribution in [0.4, 0.5) is 0 Å². The fourth-order valence-corrected chi connectivity index (χ4v) is 1.91. The van der Waals surface area contributed by atoms with E-state index in [0.717, 1.165) is 16.9 Å². The zero-order chi connectivity index (χ0) is 13.0. The molecule has 94 valence electrons. The smallest absolute Gasteiger partial charge is 0.145 e. The first-order chi connectivity index (χ1) is 8.78. The minimum absolute atomic E-state index is 0.637. The van der Waals surface area contributed by atoms with E-state index in [4.69, 9.17) is 13.1 Å². The van der Waals surface area contributed by atoms with Gasteiger partial charge in [-0.05, 0) is 35.9 Å². The topological polar surface area (TPSA) is 27.7 Å². The average molecular weight is 280 g/mol. The molecule has 0 aliphatic heterocycles. The molecule has 0 N–H and O–H groups in total. The van der Waals surface area contributed by atoms with Crippen LogP contribution < -0.4 is 13.1 Å². The lowest BCUT2D eigenvalue weighted by atomic mass is 10.0. The Balaban J connectivity index is 2.46. The molecule has 0 amide bonds. The lowest BCUT2D eigenvalue weighted by Gasteiger charge is -2.09. The summed E-state index contributed by atoms with van der Waals surface area (Å²) >= 11 is 7.63. The van der Waals surface area contributed by atoms with Crippen LogP contribution in [0.25, 0.3) is 11.1 Å². The molecule has 0 aromatic heterocycles. The van der Waals surface area contributed by atoms with Crippen molar-refractivity contribution in [3.63, 3.8) is 0 Å². The normalized spacial score (nSPS) is 9.94. The summed E-state index contributed by atoms with van der Waals surface area (Å²) in [5.74, 6) is 2.09. The molecule has 0 aliphatic carbocycles. The third-order valence-corrected chi connectivity index (χ3v) is 2.96. The monoisotopic (exact) mass is 280 g/mol. The van der Waals surface area contributed by atoms with E-state index in [-0.39, 0.29) is 0 Å². The Morgan fingerprint density at radius 1 is 0.833 bits per heavy atom. The molecule has 2 rings (SSSR count). The predicted molar refractivity (Wildman–Crippen MR) is 77.7 cm³/mol. The highest BCUT2D eigenvalue weighted by Crippen LogP contribution is 2.35. The van der Waals surface area contributed by atoms with Gasteiger partial charge in [-0.1, -0.05) is 12.1 Å². The fraction of sp³-hybridized carbons (Fsp3) is 0.0769. The van der Waals surface area contributed by atoms with E-state index >= 15 is 0 Å². The maximum atomic E-state index is 5.12. The van der Waals surface area contributed by atoms with Crippen molar-refractivity contribution in [3.05, 3.63) is 42.5 Å². The number of hydrogen-bond acceptors (Lipinski definition) is 5. The van der Waals surface area contributed by atoms with Gasteiger partial charge < -0.3 is 13.1 Å². The van der Waals surface area contributed by atoms with Crippen molar-refractivity contribution in [2.75, 3.05) is 7.11 Å². The van der Waals surface area contributed by atoms with Crippen LogP contribution in [0.1, 0.15) is 0 Å². The van der Waals surface area contributed by atoms with Crippen LogP contribution in [-0.4, -0.2) is 7.11 Å². The Morgan fingerprint density at radius 2 is 1.50 bits per heavy atom. The molecule has 0 aliphatic rings. The van der Waals surface area contributed by atoms with Gasteiger partial charge in [-0.3, -0.25) is 0 Å². The van der Waals surface area contributed by atoms with E-state index in [1.54, 1.807) is 19.2 Å². The van der Waals surface area contributed by atoms with Crippen molar-refractivity contribution in [2.24, 2.45) is 0 Å². The van der Waals surface area contributed by atoms with E-state index in [1.165, 1.54) is 0 Å². The third-order valence-electron chi connectivity index (χ3n) is 2.56. The molecular formula is C13H12O3S2. The van der Waals surface area contributed by atoms with Crippen molar-refractivity contribution >= 4 is 25.8 Å². The number of hydrogen-bond donors (Lipinski definition) is 2. The molecule has 18 heavy (non-hydrogen) atoms. The maximum absolute atomic E-state index is 5.12. The van der Waals surface area contributed by atoms with Gasteiger partial charge in [0.15, 0.2) is 0 Å². The van der Waals surface area contributed by atoms with Crippen molar-refractivity contribution in [2.45, 2.75) is 0 Å². The second kappa shape index (κ2) is 5.93. The highest BCUT2D eigenvalue weighted by molar-refractivity contribution is 7.75. The van der Waals surface area contributed by atoms with Crippen molar-refractivity contribution in [1.82, 2.24) is 0 Å². The highest BCUT2D eigenvalue weighted by Gasteiger charge is 2.08. The molecule has 5 heteroatoms. The predicted octanol–water partition coefficient (Wildman–Crippen LogP) is 3.81. The summed E-state index contributed by atoms with van der Waals surface area (Å²) in [6.07, 6.45) is 0. The van der Waals surface area contributed by atoms with Gasteiger partial charge in [0.25, 0.3) is 0 Å². The van der Waals surface area contributed by atoms with Crippen LogP contribution >= 0.6 is 25.8 Å². The van der Waals surface area contributed by atoms with Gasteiger partial charge in [0.1, 0.15) is 17.2 Å². The van der Waals surface area contributed by atoms with Crippen LogP contribution in [-0.2, 0) is 0 Å². The molecule has 0 bridgehead atoms. The van der Waals surface area contributed by atoms with Gasteiger partial charge in [-0.2, -0.15) is 0 Å². The highest BCUT2D eigenvalue weighted by atomic mass is 32.1. The Bertz CT molecular complexity index is 526. The molecular weight excluding hydrogens is 268 g/mol. The number of ether oxygens (including phenoxy) is 1. The van der Waals surface area contributed by atoms with E-state index < -0.39 is 0 Å². The van der Waals surface area contributed by atoms with Gasteiger partial charge in [0.2, 0.25) is 0 Å². The molecule has 0 spiro atoms. The number of thiol groups is 2. The minimum atomic E-state index is 0.637. The molecule has 0 saturated heterocycles. The van der Waals surface area contributed by atoms with Gasteiger partial charge in [-0.15, -0.1) is 0 Å². The van der Waals surface area contributed by atoms with E-state index in [1.807, 2.05) is 30.3 Å². The zero-order valence-electron chi connectivity index (χ0n) is 9.66. The summed E-state index contributed by atoms with van der Waals surface area (Å²) in [7, 11) is 1.63. The van der Waals surface area contributed by atoms with Gasteiger partial charge in [0, 0.05) is 31.4 Å². The molecule has 0 saturated carbocycles. The Hall–Kier alpha value is -1.46. The average Bonchev–Trinajstić information content (AvgIpc) is 2.46. The first kappa shape index (κ1) is 13.0. The van der Waals surface area contributed by atoms with Crippen LogP contribution in [0.2, 0.25) is 0 Å².